The Labute approximate surface area is 358 Å². The zero-order valence-electron chi connectivity index (χ0n) is 34.6. The smallest absolute Gasteiger partial charge is 0.324 e. The number of nitrogens with one attached hydrogen (secondary N) is 6. The molecule has 6 N–H and O–H groups in total. The molecule has 0 atom stereocenters. The molecule has 7 rings (SSSR count). The summed E-state index contributed by atoms with van der Waals surface area (Å²) >= 11 is 0. The molecule has 3 aromatic carbocycles. The second-order valence-corrected chi connectivity index (χ2v) is 14.5. The van der Waals surface area contributed by atoms with Gasteiger partial charge in [0.2, 0.25) is 5.91 Å². The highest BCUT2D eigenvalue weighted by Crippen LogP contribution is 2.25. The Morgan fingerprint density at radius 2 is 1.18 bits per heavy atom. The minimum absolute atomic E-state index is 0.0615. The molecule has 7 aromatic rings. The molecule has 0 aliphatic carbocycles. The van der Waals surface area contributed by atoms with Crippen LogP contribution in [0.3, 0.4) is 0 Å². The van der Waals surface area contributed by atoms with Gasteiger partial charge in [-0.05, 0) is 90.5 Å². The van der Waals surface area contributed by atoms with Crippen LogP contribution in [0.5, 0.6) is 23.0 Å². The van der Waals surface area contributed by atoms with Gasteiger partial charge in [0.25, 0.3) is 0 Å². The van der Waals surface area contributed by atoms with E-state index in [0.717, 1.165) is 16.9 Å². The summed E-state index contributed by atoms with van der Waals surface area (Å²) < 4.78 is 18.0. The van der Waals surface area contributed by atoms with Crippen LogP contribution in [0.2, 0.25) is 0 Å². The fourth-order valence-electron chi connectivity index (χ4n) is 5.52. The van der Waals surface area contributed by atoms with Crippen LogP contribution >= 0.6 is 0 Å². The van der Waals surface area contributed by atoms with Crippen LogP contribution in [-0.4, -0.2) is 68.2 Å². The molecule has 0 unspecified atom stereocenters. The molecule has 0 radical (unpaired) electrons. The van der Waals surface area contributed by atoms with Crippen LogP contribution in [0.1, 0.15) is 32.0 Å². The van der Waals surface area contributed by atoms with E-state index in [1.165, 1.54) is 0 Å². The molecule has 5 amide bonds. The summed E-state index contributed by atoms with van der Waals surface area (Å²) in [6.07, 6.45) is 8.49. The van der Waals surface area contributed by atoms with Gasteiger partial charge in [0, 0.05) is 73.1 Å². The predicted octanol–water partition coefficient (Wildman–Crippen LogP) is 8.55. The van der Waals surface area contributed by atoms with Crippen LogP contribution in [-0.2, 0) is 21.4 Å². The average Bonchev–Trinajstić information content (AvgIpc) is 3.94. The lowest BCUT2D eigenvalue weighted by molar-refractivity contribution is -0.120. The van der Waals surface area contributed by atoms with E-state index in [1.54, 1.807) is 122 Å². The van der Waals surface area contributed by atoms with Crippen molar-refractivity contribution in [2.45, 2.75) is 32.6 Å². The zero-order chi connectivity index (χ0) is 43.7. The first-order valence-electron chi connectivity index (χ1n) is 19.5. The van der Waals surface area contributed by atoms with Crippen LogP contribution in [0.15, 0.2) is 140 Å². The van der Waals surface area contributed by atoms with Gasteiger partial charge < -0.3 is 30.2 Å². The fourth-order valence-corrected chi connectivity index (χ4v) is 5.52. The number of H-pyrrole nitrogens is 1. The van der Waals surface area contributed by atoms with Crippen LogP contribution in [0.4, 0.5) is 32.6 Å². The van der Waals surface area contributed by atoms with Crippen molar-refractivity contribution in [1.29, 1.82) is 0 Å². The number of rotatable bonds is 14. The molecule has 0 bridgehead atoms. The van der Waals surface area contributed by atoms with Crippen LogP contribution < -0.4 is 36.1 Å². The van der Waals surface area contributed by atoms with Crippen LogP contribution in [0, 0.1) is 0 Å². The van der Waals surface area contributed by atoms with Gasteiger partial charge in [-0.1, -0.05) is 32.9 Å². The van der Waals surface area contributed by atoms with Gasteiger partial charge in [0.15, 0.2) is 5.82 Å². The SMILES string of the molecule is CC(C)(C)c1cc(NC(=O)Nc2ccc(Oc3ccncc3)cc2)n[nH]1.COCCNC(=O)Cc1ccc(-n2nccc2NC(=O)Nc2ccc(Oc3ccncc3)cc2)cc1. The van der Waals surface area contributed by atoms with E-state index in [2.05, 4.69) is 72.6 Å². The van der Waals surface area contributed by atoms with Gasteiger partial charge in [0.05, 0.1) is 24.9 Å². The minimum atomic E-state index is -0.413. The molecule has 318 valence electrons. The third-order valence-electron chi connectivity index (χ3n) is 8.68. The monoisotopic (exact) mass is 837 g/mol. The molecule has 17 heteroatoms. The van der Waals surface area contributed by atoms with Crippen molar-refractivity contribution in [3.8, 4) is 28.7 Å². The van der Waals surface area contributed by atoms with E-state index in [4.69, 9.17) is 14.2 Å². The molecule has 4 aromatic heterocycles. The number of benzene rings is 3. The molecule has 0 aliphatic rings. The van der Waals surface area contributed by atoms with E-state index >= 15 is 0 Å². The number of methoxy groups -OCH3 is 1. The molecule has 0 aliphatic heterocycles. The first-order chi connectivity index (χ1) is 30.0. The molecule has 0 saturated heterocycles. The zero-order valence-corrected chi connectivity index (χ0v) is 34.6. The second-order valence-electron chi connectivity index (χ2n) is 14.5. The Morgan fingerprint density at radius 1 is 0.645 bits per heavy atom. The molecule has 17 nitrogen and oxygen atoms in total. The summed E-state index contributed by atoms with van der Waals surface area (Å²) in [5, 5.41) is 25.2. The Morgan fingerprint density at radius 3 is 1.69 bits per heavy atom. The van der Waals surface area contributed by atoms with Crippen molar-refractivity contribution in [3.05, 3.63) is 151 Å². The summed E-state index contributed by atoms with van der Waals surface area (Å²) in [7, 11) is 1.59. The Hall–Kier alpha value is -8.05. The van der Waals surface area contributed by atoms with E-state index < -0.39 is 6.03 Å². The molecule has 0 fully saturated rings. The van der Waals surface area contributed by atoms with Crippen molar-refractivity contribution >= 4 is 41.0 Å². The van der Waals surface area contributed by atoms with E-state index in [9.17, 15) is 14.4 Å². The summed E-state index contributed by atoms with van der Waals surface area (Å²) in [5.41, 5.74) is 3.75. The summed E-state index contributed by atoms with van der Waals surface area (Å²) in [5.74, 6) is 3.59. The third-order valence-corrected chi connectivity index (χ3v) is 8.68. The summed E-state index contributed by atoms with van der Waals surface area (Å²) in [6, 6.07) is 31.3. The summed E-state index contributed by atoms with van der Waals surface area (Å²) in [4.78, 5) is 44.5. The fraction of sp³-hybridized carbons (Fsp3) is 0.178. The number of aromatic amines is 1. The number of carbonyl (C=O) groups is 3. The molecule has 62 heavy (non-hydrogen) atoms. The highest BCUT2D eigenvalue weighted by Gasteiger charge is 2.17. The van der Waals surface area contributed by atoms with Gasteiger partial charge in [-0.3, -0.25) is 30.5 Å². The lowest BCUT2D eigenvalue weighted by Gasteiger charge is -2.14. The maximum absolute atomic E-state index is 12.6. The maximum atomic E-state index is 12.6. The molecule has 0 saturated carbocycles. The van der Waals surface area contributed by atoms with Crippen molar-refractivity contribution in [2.75, 3.05) is 41.5 Å². The van der Waals surface area contributed by atoms with Crippen molar-refractivity contribution in [2.24, 2.45) is 0 Å². The molecular weight excluding hydrogens is 791 g/mol. The number of carbonyl (C=O) groups excluding carboxylic acids is 3. The molecular formula is C45H47N11O6. The number of hydrogen-bond donors (Lipinski definition) is 6. The van der Waals surface area contributed by atoms with Gasteiger partial charge in [-0.15, -0.1) is 0 Å². The van der Waals surface area contributed by atoms with Gasteiger partial charge >= 0.3 is 12.1 Å². The normalized spacial score (nSPS) is 10.7. The van der Waals surface area contributed by atoms with E-state index in [-0.39, 0.29) is 23.8 Å². The number of anilines is 4. The first kappa shape index (κ1) is 43.5. The highest BCUT2D eigenvalue weighted by molar-refractivity contribution is 6.00. The highest BCUT2D eigenvalue weighted by atomic mass is 16.5. The molecule has 0 spiro atoms. The average molecular weight is 838 g/mol. The number of aromatic nitrogens is 6. The van der Waals surface area contributed by atoms with Crippen LogP contribution in [0.25, 0.3) is 5.69 Å². The lowest BCUT2D eigenvalue weighted by Crippen LogP contribution is -2.28. The second kappa shape index (κ2) is 21.3. The Bertz CT molecular complexity index is 2490. The van der Waals surface area contributed by atoms with Crippen molar-refractivity contribution < 1.29 is 28.6 Å². The quantitative estimate of drug-likeness (QED) is 0.0575. The Balaban J connectivity index is 0.000000218. The number of pyridine rings is 2. The Kier molecular flexibility index (Phi) is 14.9. The number of nitrogens with zero attached hydrogens (tertiary/aromatic N) is 5. The topological polar surface area (TPSA) is 211 Å². The standard InChI is InChI=1S/C26H26N6O4.C19H21N5O2/c1-35-17-16-28-25(33)18-19-2-6-21(7-3-19)32-24(12-15-29-32)31-26(34)30-20-4-8-22(9-5-20)36-23-10-13-27-14-11-23;1-19(2,3)16-12-17(24-23-16)22-18(25)21-13-4-6-14(7-5-13)26-15-8-10-20-11-9-15/h2-15H,16-18H2,1H3,(H,28,33)(H2,30,31,34);4-12H,1-3H3,(H3,21,22,23,24,25). The largest absolute Gasteiger partial charge is 0.457 e. The molecule has 4 heterocycles. The third kappa shape index (κ3) is 13.5. The first-order valence-corrected chi connectivity index (χ1v) is 19.5. The van der Waals surface area contributed by atoms with Gasteiger partial charge in [-0.25, -0.2) is 14.3 Å². The van der Waals surface area contributed by atoms with E-state index in [1.807, 2.05) is 30.3 Å². The summed E-state index contributed by atoms with van der Waals surface area (Å²) in [6.45, 7) is 7.15. The number of urea groups is 2. The number of amides is 5. The minimum Gasteiger partial charge on any atom is -0.457 e. The van der Waals surface area contributed by atoms with Crippen molar-refractivity contribution in [3.63, 3.8) is 0 Å². The number of ether oxygens (including phenoxy) is 3. The number of hydrogen-bond acceptors (Lipinski definition) is 10. The predicted molar refractivity (Wildman–Crippen MR) is 236 cm³/mol. The van der Waals surface area contributed by atoms with Gasteiger partial charge in [-0.2, -0.15) is 10.2 Å². The lowest BCUT2D eigenvalue weighted by atomic mass is 9.92. The van der Waals surface area contributed by atoms with Crippen molar-refractivity contribution in [1.82, 2.24) is 35.3 Å². The van der Waals surface area contributed by atoms with Gasteiger partial charge in [0.1, 0.15) is 28.8 Å². The van der Waals surface area contributed by atoms with E-state index in [0.29, 0.717) is 59.2 Å². The maximum Gasteiger partial charge on any atom is 0.324 e.